The van der Waals surface area contributed by atoms with E-state index in [1.54, 1.807) is 11.6 Å². The van der Waals surface area contributed by atoms with Gasteiger partial charge in [-0.3, -0.25) is 4.79 Å². The molecule has 5 nitrogen and oxygen atoms in total. The standard InChI is InChI=1S/C20H20ClN3O2/c1-14-7-6-10-17(13-14)26-12-11-22-20(25)18-15(2)23-24(19(18)21)16-8-4-3-5-9-16/h3-10,13H,11-12H2,1-2H3,(H,22,25). The Morgan fingerprint density at radius 1 is 1.15 bits per heavy atom. The van der Waals surface area contributed by atoms with E-state index in [9.17, 15) is 4.79 Å². The Hall–Kier alpha value is -2.79. The fraction of sp³-hybridized carbons (Fsp3) is 0.200. The first kappa shape index (κ1) is 18.0. The van der Waals surface area contributed by atoms with Crippen LogP contribution in [0.5, 0.6) is 5.75 Å². The highest BCUT2D eigenvalue weighted by Crippen LogP contribution is 2.23. The summed E-state index contributed by atoms with van der Waals surface area (Å²) in [4.78, 5) is 12.5. The van der Waals surface area contributed by atoms with Gasteiger partial charge in [0.05, 0.1) is 23.5 Å². The molecule has 134 valence electrons. The topological polar surface area (TPSA) is 56.1 Å². The Labute approximate surface area is 157 Å². The van der Waals surface area contributed by atoms with Crippen LogP contribution >= 0.6 is 11.6 Å². The highest BCUT2D eigenvalue weighted by Gasteiger charge is 2.20. The number of nitrogens with one attached hydrogen (secondary N) is 1. The van der Waals surface area contributed by atoms with Gasteiger partial charge in [-0.15, -0.1) is 0 Å². The summed E-state index contributed by atoms with van der Waals surface area (Å²) in [6, 6.07) is 17.2. The molecule has 1 amide bonds. The summed E-state index contributed by atoms with van der Waals surface area (Å²) in [6.07, 6.45) is 0. The molecule has 0 spiro atoms. The molecule has 1 heterocycles. The molecule has 0 fully saturated rings. The monoisotopic (exact) mass is 369 g/mol. The second kappa shape index (κ2) is 8.06. The molecule has 0 aliphatic heterocycles. The van der Waals surface area contributed by atoms with Gasteiger partial charge in [0.25, 0.3) is 5.91 Å². The van der Waals surface area contributed by atoms with Crippen LogP contribution in [0, 0.1) is 13.8 Å². The predicted molar refractivity (Wildman–Crippen MR) is 102 cm³/mol. The van der Waals surface area contributed by atoms with E-state index in [-0.39, 0.29) is 5.91 Å². The molecule has 0 saturated carbocycles. The minimum atomic E-state index is -0.262. The highest BCUT2D eigenvalue weighted by molar-refractivity contribution is 6.33. The van der Waals surface area contributed by atoms with E-state index >= 15 is 0 Å². The largest absolute Gasteiger partial charge is 0.492 e. The van der Waals surface area contributed by atoms with Crippen molar-refractivity contribution in [2.24, 2.45) is 0 Å². The molecule has 0 aliphatic rings. The Bertz CT molecular complexity index is 907. The van der Waals surface area contributed by atoms with Crippen molar-refractivity contribution in [3.8, 4) is 11.4 Å². The first-order valence-electron chi connectivity index (χ1n) is 8.34. The van der Waals surface area contributed by atoms with Crippen molar-refractivity contribution >= 4 is 17.5 Å². The Morgan fingerprint density at radius 3 is 2.65 bits per heavy atom. The molecule has 0 aliphatic carbocycles. The zero-order chi connectivity index (χ0) is 18.5. The second-order valence-corrected chi connectivity index (χ2v) is 6.28. The Balaban J connectivity index is 1.62. The number of carbonyl (C=O) groups excluding carboxylic acids is 1. The van der Waals surface area contributed by atoms with Crippen LogP contribution in [0.1, 0.15) is 21.6 Å². The number of carbonyl (C=O) groups is 1. The third kappa shape index (κ3) is 4.06. The third-order valence-electron chi connectivity index (χ3n) is 3.88. The number of amides is 1. The SMILES string of the molecule is Cc1cccc(OCCNC(=O)c2c(C)nn(-c3ccccc3)c2Cl)c1. The molecular weight excluding hydrogens is 350 g/mol. The van der Waals surface area contributed by atoms with Crippen molar-refractivity contribution in [2.75, 3.05) is 13.2 Å². The Kier molecular flexibility index (Phi) is 5.58. The number of aryl methyl sites for hydroxylation is 2. The van der Waals surface area contributed by atoms with Gasteiger partial charge in [-0.25, -0.2) is 4.68 Å². The second-order valence-electron chi connectivity index (χ2n) is 5.92. The van der Waals surface area contributed by atoms with Crippen LogP contribution in [0.15, 0.2) is 54.6 Å². The first-order valence-corrected chi connectivity index (χ1v) is 8.72. The molecule has 0 atom stereocenters. The lowest BCUT2D eigenvalue weighted by molar-refractivity contribution is 0.0946. The molecule has 3 rings (SSSR count). The summed E-state index contributed by atoms with van der Waals surface area (Å²) >= 11 is 6.39. The van der Waals surface area contributed by atoms with E-state index in [0.29, 0.717) is 29.6 Å². The van der Waals surface area contributed by atoms with Crippen molar-refractivity contribution in [2.45, 2.75) is 13.8 Å². The molecule has 1 N–H and O–H groups in total. The molecule has 3 aromatic rings. The molecule has 0 bridgehead atoms. The normalized spacial score (nSPS) is 10.6. The molecule has 1 aromatic heterocycles. The molecule has 6 heteroatoms. The molecule has 0 unspecified atom stereocenters. The molecule has 0 radical (unpaired) electrons. The number of halogens is 1. The lowest BCUT2D eigenvalue weighted by Crippen LogP contribution is -2.28. The summed E-state index contributed by atoms with van der Waals surface area (Å²) in [6.45, 7) is 4.52. The van der Waals surface area contributed by atoms with E-state index in [1.165, 1.54) is 0 Å². The van der Waals surface area contributed by atoms with Crippen LogP contribution in [-0.2, 0) is 0 Å². The number of rotatable bonds is 6. The highest BCUT2D eigenvalue weighted by atomic mass is 35.5. The Morgan fingerprint density at radius 2 is 1.92 bits per heavy atom. The van der Waals surface area contributed by atoms with E-state index < -0.39 is 0 Å². The number of benzene rings is 2. The van der Waals surface area contributed by atoms with Crippen LogP contribution in [0.2, 0.25) is 5.15 Å². The minimum absolute atomic E-state index is 0.262. The number of hydrogen-bond donors (Lipinski definition) is 1. The predicted octanol–water partition coefficient (Wildman–Crippen LogP) is 3.95. The number of hydrogen-bond acceptors (Lipinski definition) is 3. The zero-order valence-corrected chi connectivity index (χ0v) is 15.5. The van der Waals surface area contributed by atoms with Gasteiger partial charge in [0.1, 0.15) is 17.5 Å². The van der Waals surface area contributed by atoms with Gasteiger partial charge in [-0.1, -0.05) is 41.9 Å². The van der Waals surface area contributed by atoms with E-state index in [4.69, 9.17) is 16.3 Å². The van der Waals surface area contributed by atoms with Crippen molar-refractivity contribution in [3.05, 3.63) is 76.6 Å². The number of ether oxygens (including phenoxy) is 1. The van der Waals surface area contributed by atoms with Crippen molar-refractivity contribution in [1.29, 1.82) is 0 Å². The third-order valence-corrected chi connectivity index (χ3v) is 4.23. The van der Waals surface area contributed by atoms with E-state index in [2.05, 4.69) is 10.4 Å². The van der Waals surface area contributed by atoms with Crippen molar-refractivity contribution in [3.63, 3.8) is 0 Å². The zero-order valence-electron chi connectivity index (χ0n) is 14.7. The number of nitrogens with zero attached hydrogens (tertiary/aromatic N) is 2. The molecule has 26 heavy (non-hydrogen) atoms. The maximum Gasteiger partial charge on any atom is 0.256 e. The maximum atomic E-state index is 12.5. The molecule has 0 saturated heterocycles. The lowest BCUT2D eigenvalue weighted by Gasteiger charge is -2.08. The van der Waals surface area contributed by atoms with Crippen molar-refractivity contribution in [1.82, 2.24) is 15.1 Å². The fourth-order valence-corrected chi connectivity index (χ4v) is 2.98. The van der Waals surface area contributed by atoms with Crippen LogP contribution in [0.3, 0.4) is 0 Å². The van der Waals surface area contributed by atoms with E-state index in [1.807, 2.05) is 61.5 Å². The van der Waals surface area contributed by atoms with Gasteiger partial charge in [0.15, 0.2) is 0 Å². The van der Waals surface area contributed by atoms with Crippen LogP contribution < -0.4 is 10.1 Å². The van der Waals surface area contributed by atoms with Crippen LogP contribution in [0.4, 0.5) is 0 Å². The van der Waals surface area contributed by atoms with Gasteiger partial charge >= 0.3 is 0 Å². The van der Waals surface area contributed by atoms with Gasteiger partial charge in [0.2, 0.25) is 0 Å². The average Bonchev–Trinajstić information content (AvgIpc) is 2.94. The number of aromatic nitrogens is 2. The molecular formula is C20H20ClN3O2. The maximum absolute atomic E-state index is 12.5. The number of para-hydroxylation sites is 1. The van der Waals surface area contributed by atoms with E-state index in [0.717, 1.165) is 17.0 Å². The fourth-order valence-electron chi connectivity index (χ4n) is 2.62. The van der Waals surface area contributed by atoms with Crippen LogP contribution in [-0.4, -0.2) is 28.8 Å². The average molecular weight is 370 g/mol. The quantitative estimate of drug-likeness (QED) is 0.669. The van der Waals surface area contributed by atoms with Gasteiger partial charge in [-0.05, 0) is 43.7 Å². The smallest absolute Gasteiger partial charge is 0.256 e. The summed E-state index contributed by atoms with van der Waals surface area (Å²) in [5.41, 5.74) is 2.90. The minimum Gasteiger partial charge on any atom is -0.492 e. The summed E-state index contributed by atoms with van der Waals surface area (Å²) in [5, 5.41) is 7.51. The van der Waals surface area contributed by atoms with Crippen LogP contribution in [0.25, 0.3) is 5.69 Å². The summed E-state index contributed by atoms with van der Waals surface area (Å²) in [5.74, 6) is 0.521. The first-order chi connectivity index (χ1) is 12.6. The lowest BCUT2D eigenvalue weighted by atomic mass is 10.2. The summed E-state index contributed by atoms with van der Waals surface area (Å²) < 4.78 is 7.20. The summed E-state index contributed by atoms with van der Waals surface area (Å²) in [7, 11) is 0. The van der Waals surface area contributed by atoms with Gasteiger partial charge < -0.3 is 10.1 Å². The van der Waals surface area contributed by atoms with Gasteiger partial charge in [0, 0.05) is 0 Å². The van der Waals surface area contributed by atoms with Crippen molar-refractivity contribution < 1.29 is 9.53 Å². The molecule has 2 aromatic carbocycles. The van der Waals surface area contributed by atoms with Gasteiger partial charge in [-0.2, -0.15) is 5.10 Å².